The van der Waals surface area contributed by atoms with Crippen LogP contribution in [-0.4, -0.2) is 50.2 Å². The number of Topliss-reactive ketones (excluding diaryl/α,β-unsaturated/α-hetero) is 1. The summed E-state index contributed by atoms with van der Waals surface area (Å²) in [6.45, 7) is 0.554. The minimum atomic E-state index is -4.91. The highest BCUT2D eigenvalue weighted by Crippen LogP contribution is 2.47. The maximum atomic E-state index is 14.6. The number of fused-ring (bicyclic) bond motifs is 1. The number of para-hydroxylation sites is 1. The molecule has 2 aliphatic carbocycles. The van der Waals surface area contributed by atoms with Gasteiger partial charge in [0, 0.05) is 52.7 Å². The van der Waals surface area contributed by atoms with Crippen LogP contribution in [0.25, 0.3) is 10.9 Å². The molecule has 5 atom stereocenters. The topological polar surface area (TPSA) is 42.3 Å². The van der Waals surface area contributed by atoms with Crippen molar-refractivity contribution in [1.82, 2.24) is 9.47 Å². The zero-order chi connectivity index (χ0) is 40.2. The molecule has 4 nitrogen and oxygen atoms in total. The van der Waals surface area contributed by atoms with Crippen LogP contribution in [0.15, 0.2) is 121 Å². The van der Waals surface area contributed by atoms with Crippen molar-refractivity contribution < 1.29 is 35.9 Å². The van der Waals surface area contributed by atoms with Crippen molar-refractivity contribution in [1.29, 1.82) is 0 Å². The summed E-state index contributed by atoms with van der Waals surface area (Å²) in [5, 5.41) is -0.654. The Balaban J connectivity index is 1.28. The second-order valence-electron chi connectivity index (χ2n) is 14.4. The summed E-state index contributed by atoms with van der Waals surface area (Å²) in [4.78, 5) is 27.3. The zero-order valence-electron chi connectivity index (χ0n) is 29.2. The second kappa shape index (κ2) is 15.1. The highest BCUT2D eigenvalue weighted by Gasteiger charge is 2.57. The van der Waals surface area contributed by atoms with Crippen LogP contribution in [0.1, 0.15) is 45.8 Å². The fourth-order valence-electron chi connectivity index (χ4n) is 7.96. The maximum Gasteiger partial charge on any atom is 0.416 e. The average Bonchev–Trinajstić information content (AvgIpc) is 3.75. The van der Waals surface area contributed by atoms with E-state index >= 15 is 0 Å². The number of amides is 1. The Morgan fingerprint density at radius 3 is 2.27 bits per heavy atom. The number of allylic oxidation sites excluding steroid dienone is 7. The number of carbonyl (C=O) groups is 2. The first-order valence-corrected chi connectivity index (χ1v) is 19.2. The lowest BCUT2D eigenvalue weighted by atomic mass is 9.76. The molecule has 1 aromatic heterocycles. The van der Waals surface area contributed by atoms with E-state index in [2.05, 4.69) is 10.6 Å². The fraction of sp³-hybridized carbons (Fsp3) is 0.286. The van der Waals surface area contributed by atoms with E-state index in [9.17, 15) is 35.9 Å². The van der Waals surface area contributed by atoms with Crippen molar-refractivity contribution in [3.63, 3.8) is 0 Å². The number of ketones is 1. The quantitative estimate of drug-likeness (QED) is 0.131. The highest BCUT2D eigenvalue weighted by atomic mass is 35.5. The SMILES string of the molecule is O=C(C1=CC(Cl)C(Cl)(C(F)(F)F)C=C1)C1C(c2cn(CC3(Cc4ccc(C(F)(F)F)cc4)C=CC=CC3)c3ccccc23)CCN1C(=O)c1ccc(Cl)c(Cl)c1. The Bertz CT molecular complexity index is 2310. The van der Waals surface area contributed by atoms with Gasteiger partial charge in [-0.05, 0) is 66.8 Å². The van der Waals surface area contributed by atoms with Crippen molar-refractivity contribution in [2.24, 2.45) is 5.41 Å². The van der Waals surface area contributed by atoms with Crippen molar-refractivity contribution in [2.75, 3.05) is 6.54 Å². The van der Waals surface area contributed by atoms with E-state index in [1.807, 2.05) is 48.7 Å². The molecule has 1 fully saturated rings. The summed E-state index contributed by atoms with van der Waals surface area (Å²) in [7, 11) is 0. The van der Waals surface area contributed by atoms with Gasteiger partial charge in [-0.15, -0.1) is 23.2 Å². The molecule has 5 unspecified atom stereocenters. The predicted molar refractivity (Wildman–Crippen MR) is 208 cm³/mol. The summed E-state index contributed by atoms with van der Waals surface area (Å²) < 4.78 is 83.9. The molecule has 0 saturated carbocycles. The van der Waals surface area contributed by atoms with Gasteiger partial charge >= 0.3 is 12.4 Å². The van der Waals surface area contributed by atoms with Gasteiger partial charge in [0.2, 0.25) is 0 Å². The second-order valence-corrected chi connectivity index (χ2v) is 16.3. The summed E-state index contributed by atoms with van der Waals surface area (Å²) in [5.74, 6) is -1.74. The number of carbonyl (C=O) groups excluding carboxylic acids is 2. The minimum absolute atomic E-state index is 0.118. The maximum absolute atomic E-state index is 14.6. The zero-order valence-corrected chi connectivity index (χ0v) is 32.3. The monoisotopic (exact) mass is 850 g/mol. The van der Waals surface area contributed by atoms with E-state index in [0.717, 1.165) is 46.3 Å². The molecule has 7 rings (SSSR count). The van der Waals surface area contributed by atoms with Crippen molar-refractivity contribution >= 4 is 69.0 Å². The highest BCUT2D eigenvalue weighted by molar-refractivity contribution is 6.42. The van der Waals surface area contributed by atoms with Gasteiger partial charge in [-0.25, -0.2) is 0 Å². The van der Waals surface area contributed by atoms with Gasteiger partial charge in [0.1, 0.15) is 6.04 Å². The first kappa shape index (κ1) is 40.2. The molecule has 0 bridgehead atoms. The van der Waals surface area contributed by atoms with Gasteiger partial charge in [0.15, 0.2) is 10.7 Å². The van der Waals surface area contributed by atoms with Crippen molar-refractivity contribution in [2.45, 2.75) is 60.4 Å². The van der Waals surface area contributed by atoms with E-state index < -0.39 is 57.2 Å². The number of benzene rings is 3. The number of aromatic nitrogens is 1. The largest absolute Gasteiger partial charge is 0.416 e. The molecule has 1 amide bonds. The molecule has 0 spiro atoms. The van der Waals surface area contributed by atoms with Crippen LogP contribution in [0.4, 0.5) is 26.3 Å². The molecule has 2 heterocycles. The van der Waals surface area contributed by atoms with Crippen LogP contribution in [0.3, 0.4) is 0 Å². The third-order valence-corrected chi connectivity index (χ3v) is 12.7. The Morgan fingerprint density at radius 2 is 1.62 bits per heavy atom. The lowest BCUT2D eigenvalue weighted by Gasteiger charge is -2.33. The number of hydrogen-bond acceptors (Lipinski definition) is 2. The molecular weight excluding hydrogens is 820 g/mol. The van der Waals surface area contributed by atoms with E-state index in [1.54, 1.807) is 0 Å². The fourth-order valence-corrected chi connectivity index (χ4v) is 8.72. The van der Waals surface area contributed by atoms with Gasteiger partial charge in [0.25, 0.3) is 5.91 Å². The standard InChI is InChI=1S/C42H32Cl4F6N2O2/c43-32-13-10-27(20-33(32)44)38(56)54-19-15-30(36(54)37(55)26-14-18-40(46,35(45)21-26)42(50,51)52)31-23-53(34-7-3-2-6-29(31)34)24-39(16-4-1-5-17-39)22-25-8-11-28(12-9-25)41(47,48)49/h1-14,16,18,20-21,23,30,35-36H,15,17,19,22,24H2. The first-order chi connectivity index (χ1) is 26.4. The van der Waals surface area contributed by atoms with E-state index in [0.29, 0.717) is 31.9 Å². The number of rotatable bonds is 8. The molecule has 0 N–H and O–H groups in total. The van der Waals surface area contributed by atoms with Gasteiger partial charge in [-0.3, -0.25) is 9.59 Å². The van der Waals surface area contributed by atoms with E-state index in [4.69, 9.17) is 46.4 Å². The molecule has 56 heavy (non-hydrogen) atoms. The molecule has 1 aliphatic heterocycles. The van der Waals surface area contributed by atoms with Crippen LogP contribution >= 0.6 is 46.4 Å². The molecule has 3 aliphatic rings. The molecule has 1 saturated heterocycles. The van der Waals surface area contributed by atoms with Crippen LogP contribution in [-0.2, 0) is 23.9 Å². The normalized spacial score (nSPS) is 25.2. The molecule has 3 aromatic carbocycles. The average molecular weight is 853 g/mol. The number of nitrogens with zero attached hydrogens (tertiary/aromatic N) is 2. The van der Waals surface area contributed by atoms with E-state index in [1.165, 1.54) is 35.2 Å². The van der Waals surface area contributed by atoms with Gasteiger partial charge in [-0.2, -0.15) is 26.3 Å². The molecule has 0 radical (unpaired) electrons. The Hall–Kier alpha value is -3.96. The van der Waals surface area contributed by atoms with Crippen molar-refractivity contribution in [3.8, 4) is 0 Å². The summed E-state index contributed by atoms with van der Waals surface area (Å²) in [6, 6.07) is 15.9. The van der Waals surface area contributed by atoms with Gasteiger partial charge in [0.05, 0.1) is 21.0 Å². The van der Waals surface area contributed by atoms with Crippen molar-refractivity contribution in [3.05, 3.63) is 153 Å². The third-order valence-electron chi connectivity index (χ3n) is 10.8. The Labute approximate surface area is 338 Å². The Kier molecular flexibility index (Phi) is 10.8. The summed E-state index contributed by atoms with van der Waals surface area (Å²) in [6.07, 6.45) is 4.50. The molecular formula is C42H32Cl4F6N2O2. The van der Waals surface area contributed by atoms with Crippen LogP contribution in [0.5, 0.6) is 0 Å². The minimum Gasteiger partial charge on any atom is -0.346 e. The lowest BCUT2D eigenvalue weighted by molar-refractivity contribution is -0.149. The number of alkyl halides is 8. The number of hydrogen-bond donors (Lipinski definition) is 0. The number of likely N-dealkylation sites (tertiary alicyclic amines) is 1. The molecule has 4 aromatic rings. The predicted octanol–water partition coefficient (Wildman–Crippen LogP) is 11.9. The van der Waals surface area contributed by atoms with Gasteiger partial charge < -0.3 is 9.47 Å². The lowest BCUT2D eigenvalue weighted by Crippen LogP contribution is -2.48. The summed E-state index contributed by atoms with van der Waals surface area (Å²) >= 11 is 24.5. The van der Waals surface area contributed by atoms with Gasteiger partial charge in [-0.1, -0.05) is 96.1 Å². The molecule has 14 heteroatoms. The van der Waals surface area contributed by atoms with Crippen LogP contribution in [0.2, 0.25) is 10.0 Å². The van der Waals surface area contributed by atoms with Crippen LogP contribution in [0, 0.1) is 5.41 Å². The number of halogens is 10. The molecule has 292 valence electrons. The van der Waals surface area contributed by atoms with Crippen LogP contribution < -0.4 is 0 Å². The Morgan fingerprint density at radius 1 is 0.893 bits per heavy atom. The third kappa shape index (κ3) is 7.58. The first-order valence-electron chi connectivity index (χ1n) is 17.6. The van der Waals surface area contributed by atoms with E-state index in [-0.39, 0.29) is 27.7 Å². The summed E-state index contributed by atoms with van der Waals surface area (Å²) in [5.41, 5.74) is 1.08. The smallest absolute Gasteiger partial charge is 0.346 e.